The van der Waals surface area contributed by atoms with Gasteiger partial charge in [0.2, 0.25) is 0 Å². The smallest absolute Gasteiger partial charge is 0.262 e. The topological polar surface area (TPSA) is 44.8 Å². The predicted octanol–water partition coefficient (Wildman–Crippen LogP) is 0.969. The van der Waals surface area contributed by atoms with Crippen LogP contribution in [0, 0.1) is 5.21 Å². The van der Waals surface area contributed by atoms with Crippen molar-refractivity contribution in [1.29, 1.82) is 0 Å². The molecule has 0 aliphatic carbocycles. The summed E-state index contributed by atoms with van der Waals surface area (Å²) < 4.78 is 3.22. The Labute approximate surface area is 77.1 Å². The zero-order valence-electron chi connectivity index (χ0n) is 6.36. The van der Waals surface area contributed by atoms with Gasteiger partial charge in [0, 0.05) is 7.05 Å². The molecule has 0 atom stereocenters. The molecule has 0 radical (unpaired) electrons. The molecule has 2 heterocycles. The molecule has 2 rings (SSSR count). The van der Waals surface area contributed by atoms with Gasteiger partial charge in [0.05, 0.1) is 4.47 Å². The SMILES string of the molecule is Cn1ncc2c1cc(Br)c[n+]2[O-]. The Balaban J connectivity index is 2.92. The summed E-state index contributed by atoms with van der Waals surface area (Å²) in [5.41, 5.74) is 1.40. The van der Waals surface area contributed by atoms with Gasteiger partial charge in [-0.25, -0.2) is 0 Å². The number of rotatable bonds is 0. The lowest BCUT2D eigenvalue weighted by atomic mass is 10.4. The molecule has 0 N–H and O–H groups in total. The van der Waals surface area contributed by atoms with Crippen LogP contribution in [0.5, 0.6) is 0 Å². The fraction of sp³-hybridized carbons (Fsp3) is 0.143. The first-order chi connectivity index (χ1) is 5.68. The van der Waals surface area contributed by atoms with Crippen LogP contribution in [0.2, 0.25) is 0 Å². The second-order valence-electron chi connectivity index (χ2n) is 2.52. The van der Waals surface area contributed by atoms with Crippen molar-refractivity contribution in [3.05, 3.63) is 28.1 Å². The van der Waals surface area contributed by atoms with Gasteiger partial charge in [-0.1, -0.05) is 0 Å². The highest BCUT2D eigenvalue weighted by Crippen LogP contribution is 2.14. The normalized spacial score (nSPS) is 10.8. The quantitative estimate of drug-likeness (QED) is 0.498. The maximum atomic E-state index is 11.2. The average Bonchev–Trinajstić information content (AvgIpc) is 2.33. The molecule has 12 heavy (non-hydrogen) atoms. The highest BCUT2D eigenvalue weighted by molar-refractivity contribution is 9.10. The van der Waals surface area contributed by atoms with Crippen molar-refractivity contribution in [2.75, 3.05) is 0 Å². The highest BCUT2D eigenvalue weighted by Gasteiger charge is 2.08. The number of hydrogen-bond donors (Lipinski definition) is 0. The molecule has 0 saturated carbocycles. The summed E-state index contributed by atoms with van der Waals surface area (Å²) in [5.74, 6) is 0. The van der Waals surface area contributed by atoms with Crippen molar-refractivity contribution < 1.29 is 4.73 Å². The van der Waals surface area contributed by atoms with E-state index < -0.39 is 0 Å². The molecule has 0 spiro atoms. The molecule has 4 nitrogen and oxygen atoms in total. The zero-order valence-corrected chi connectivity index (χ0v) is 7.95. The van der Waals surface area contributed by atoms with Crippen LogP contribution in [0.3, 0.4) is 0 Å². The number of halogens is 1. The Hall–Kier alpha value is -1.10. The first kappa shape index (κ1) is 7.54. The van der Waals surface area contributed by atoms with Crippen LogP contribution in [0.4, 0.5) is 0 Å². The maximum Gasteiger partial charge on any atom is 0.262 e. The summed E-state index contributed by atoms with van der Waals surface area (Å²) in [6, 6.07) is 1.86. The van der Waals surface area contributed by atoms with Crippen LogP contribution in [-0.2, 0) is 7.05 Å². The summed E-state index contributed by atoms with van der Waals surface area (Å²) in [6.45, 7) is 0. The molecule has 0 amide bonds. The second-order valence-corrected chi connectivity index (χ2v) is 3.44. The number of aromatic nitrogens is 3. The largest absolute Gasteiger partial charge is 0.618 e. The van der Waals surface area contributed by atoms with Gasteiger partial charge in [-0.15, -0.1) is 0 Å². The van der Waals surface area contributed by atoms with Gasteiger partial charge in [-0.05, 0) is 22.0 Å². The van der Waals surface area contributed by atoms with E-state index in [0.717, 1.165) is 14.7 Å². The molecule has 62 valence electrons. The van der Waals surface area contributed by atoms with E-state index in [-0.39, 0.29) is 0 Å². The summed E-state index contributed by atoms with van der Waals surface area (Å²) in [4.78, 5) is 0. The van der Waals surface area contributed by atoms with Gasteiger partial charge in [-0.3, -0.25) is 4.68 Å². The molecule has 0 saturated heterocycles. The molecule has 0 fully saturated rings. The van der Waals surface area contributed by atoms with E-state index in [4.69, 9.17) is 0 Å². The minimum Gasteiger partial charge on any atom is -0.618 e. The van der Waals surface area contributed by atoms with E-state index in [9.17, 15) is 5.21 Å². The van der Waals surface area contributed by atoms with Crippen molar-refractivity contribution in [2.24, 2.45) is 7.05 Å². The lowest BCUT2D eigenvalue weighted by Gasteiger charge is -1.97. The average molecular weight is 228 g/mol. The third-order valence-corrected chi connectivity index (χ3v) is 2.15. The third-order valence-electron chi connectivity index (χ3n) is 1.72. The Morgan fingerprint density at radius 2 is 2.42 bits per heavy atom. The van der Waals surface area contributed by atoms with Gasteiger partial charge < -0.3 is 5.21 Å². The first-order valence-electron chi connectivity index (χ1n) is 3.39. The summed E-state index contributed by atoms with van der Waals surface area (Å²) in [5, 5.41) is 15.2. The number of pyridine rings is 1. The zero-order chi connectivity index (χ0) is 8.72. The molecule has 0 aliphatic heterocycles. The van der Waals surface area contributed by atoms with E-state index in [2.05, 4.69) is 21.0 Å². The fourth-order valence-corrected chi connectivity index (χ4v) is 1.52. The summed E-state index contributed by atoms with van der Waals surface area (Å²) in [7, 11) is 1.80. The van der Waals surface area contributed by atoms with Crippen molar-refractivity contribution in [1.82, 2.24) is 9.78 Å². The molecule has 0 aliphatic rings. The van der Waals surface area contributed by atoms with Crippen LogP contribution < -0.4 is 4.73 Å². The maximum absolute atomic E-state index is 11.2. The molecule has 2 aromatic rings. The van der Waals surface area contributed by atoms with Crippen LogP contribution >= 0.6 is 15.9 Å². The second kappa shape index (κ2) is 2.45. The van der Waals surface area contributed by atoms with Gasteiger partial charge in [0.25, 0.3) is 5.52 Å². The first-order valence-corrected chi connectivity index (χ1v) is 4.18. The number of hydrogen-bond acceptors (Lipinski definition) is 2. The van der Waals surface area contributed by atoms with Crippen molar-refractivity contribution in [3.63, 3.8) is 0 Å². The van der Waals surface area contributed by atoms with E-state index in [1.165, 1.54) is 6.20 Å². The number of fused-ring (bicyclic) bond motifs is 1. The van der Waals surface area contributed by atoms with E-state index >= 15 is 0 Å². The molecule has 0 bridgehead atoms. The minimum atomic E-state index is 0.584. The van der Waals surface area contributed by atoms with Crippen LogP contribution in [-0.4, -0.2) is 9.78 Å². The van der Waals surface area contributed by atoms with Gasteiger partial charge in [0.15, 0.2) is 6.20 Å². The monoisotopic (exact) mass is 227 g/mol. The van der Waals surface area contributed by atoms with E-state index in [0.29, 0.717) is 5.52 Å². The Morgan fingerprint density at radius 1 is 1.67 bits per heavy atom. The summed E-state index contributed by atoms with van der Waals surface area (Å²) in [6.07, 6.45) is 3.01. The van der Waals surface area contributed by atoms with Crippen LogP contribution in [0.25, 0.3) is 11.0 Å². The minimum absolute atomic E-state index is 0.584. The van der Waals surface area contributed by atoms with Crippen LogP contribution in [0.15, 0.2) is 22.9 Å². The van der Waals surface area contributed by atoms with Gasteiger partial charge in [-0.2, -0.15) is 9.83 Å². The standard InChI is InChI=1S/C7H6BrN3O/c1-10-6-2-5(8)4-11(12)7(6)3-9-10/h2-4H,1H3. The molecule has 5 heteroatoms. The van der Waals surface area contributed by atoms with Crippen molar-refractivity contribution in [3.8, 4) is 0 Å². The van der Waals surface area contributed by atoms with Crippen LogP contribution in [0.1, 0.15) is 0 Å². The Morgan fingerprint density at radius 3 is 3.17 bits per heavy atom. The van der Waals surface area contributed by atoms with Gasteiger partial charge >= 0.3 is 0 Å². The Bertz CT molecular complexity index is 437. The fourth-order valence-electron chi connectivity index (χ4n) is 1.12. The third kappa shape index (κ3) is 0.972. The molecule has 0 unspecified atom stereocenters. The van der Waals surface area contributed by atoms with Crippen molar-refractivity contribution >= 4 is 27.0 Å². The summed E-state index contributed by atoms with van der Waals surface area (Å²) >= 11 is 3.24. The lowest BCUT2D eigenvalue weighted by molar-refractivity contribution is -0.577. The molecular formula is C7H6BrN3O. The Kier molecular flexibility index (Phi) is 1.54. The molecule has 2 aromatic heterocycles. The molecule has 0 aromatic carbocycles. The number of nitrogens with zero attached hydrogens (tertiary/aromatic N) is 3. The number of aryl methyl sites for hydroxylation is 1. The highest BCUT2D eigenvalue weighted by atomic mass is 79.9. The van der Waals surface area contributed by atoms with Gasteiger partial charge in [0.1, 0.15) is 11.7 Å². The van der Waals surface area contributed by atoms with E-state index in [1.54, 1.807) is 17.9 Å². The molecular weight excluding hydrogens is 222 g/mol. The predicted molar refractivity (Wildman–Crippen MR) is 47.4 cm³/mol. The lowest BCUT2D eigenvalue weighted by Crippen LogP contribution is -2.25. The van der Waals surface area contributed by atoms with E-state index in [1.807, 2.05) is 6.07 Å². The van der Waals surface area contributed by atoms with Crippen molar-refractivity contribution in [2.45, 2.75) is 0 Å².